The van der Waals surface area contributed by atoms with Crippen LogP contribution in [0.3, 0.4) is 0 Å². The SMILES string of the molecule is C#CCN(C)Cc1ccc(C(=O)O)c2cccnc12. The summed E-state index contributed by atoms with van der Waals surface area (Å²) in [6.45, 7) is 1.17. The lowest BCUT2D eigenvalue weighted by Gasteiger charge is -2.15. The summed E-state index contributed by atoms with van der Waals surface area (Å²) in [5.74, 6) is 1.63. The molecule has 0 saturated carbocycles. The van der Waals surface area contributed by atoms with Crippen molar-refractivity contribution in [2.75, 3.05) is 13.6 Å². The van der Waals surface area contributed by atoms with Gasteiger partial charge in [0.2, 0.25) is 0 Å². The van der Waals surface area contributed by atoms with Crippen molar-refractivity contribution in [3.63, 3.8) is 0 Å². The summed E-state index contributed by atoms with van der Waals surface area (Å²) < 4.78 is 0. The van der Waals surface area contributed by atoms with Crippen LogP contribution in [0.15, 0.2) is 30.5 Å². The summed E-state index contributed by atoms with van der Waals surface area (Å²) in [5.41, 5.74) is 1.95. The molecule has 0 fully saturated rings. The smallest absolute Gasteiger partial charge is 0.336 e. The van der Waals surface area contributed by atoms with Crippen molar-refractivity contribution >= 4 is 16.9 Å². The van der Waals surface area contributed by atoms with Crippen LogP contribution in [-0.4, -0.2) is 34.6 Å². The summed E-state index contributed by atoms with van der Waals surface area (Å²) in [6.07, 6.45) is 6.94. The van der Waals surface area contributed by atoms with Crippen molar-refractivity contribution in [1.29, 1.82) is 0 Å². The van der Waals surface area contributed by atoms with E-state index >= 15 is 0 Å². The number of aromatic carboxylic acids is 1. The van der Waals surface area contributed by atoms with Gasteiger partial charge < -0.3 is 5.11 Å². The first-order valence-corrected chi connectivity index (χ1v) is 5.85. The molecule has 4 heteroatoms. The Morgan fingerprint density at radius 2 is 2.26 bits per heavy atom. The Kier molecular flexibility index (Phi) is 3.79. The van der Waals surface area contributed by atoms with Crippen molar-refractivity contribution in [2.45, 2.75) is 6.54 Å². The minimum absolute atomic E-state index is 0.270. The number of nitrogens with zero attached hydrogens (tertiary/aromatic N) is 2. The Labute approximate surface area is 111 Å². The third-order valence-electron chi connectivity index (χ3n) is 2.89. The zero-order valence-electron chi connectivity index (χ0n) is 10.6. The first-order valence-electron chi connectivity index (χ1n) is 5.85. The second-order valence-corrected chi connectivity index (χ2v) is 4.35. The Morgan fingerprint density at radius 3 is 2.95 bits per heavy atom. The Balaban J connectivity index is 2.50. The normalized spacial score (nSPS) is 10.6. The van der Waals surface area contributed by atoms with Gasteiger partial charge in [0.25, 0.3) is 0 Å². The average Bonchev–Trinajstić information content (AvgIpc) is 2.39. The van der Waals surface area contributed by atoms with E-state index in [1.54, 1.807) is 30.5 Å². The number of benzene rings is 1. The molecule has 1 aromatic carbocycles. The predicted molar refractivity (Wildman–Crippen MR) is 73.9 cm³/mol. The number of fused-ring (bicyclic) bond motifs is 1. The Morgan fingerprint density at radius 1 is 1.47 bits per heavy atom. The summed E-state index contributed by atoms with van der Waals surface area (Å²) >= 11 is 0. The van der Waals surface area contributed by atoms with E-state index in [0.29, 0.717) is 24.0 Å². The largest absolute Gasteiger partial charge is 0.478 e. The first-order chi connectivity index (χ1) is 9.13. The molecule has 0 bridgehead atoms. The lowest BCUT2D eigenvalue weighted by molar-refractivity contribution is 0.0699. The van der Waals surface area contributed by atoms with Crippen LogP contribution < -0.4 is 0 Å². The summed E-state index contributed by atoms with van der Waals surface area (Å²) in [7, 11) is 1.92. The quantitative estimate of drug-likeness (QED) is 0.848. The third kappa shape index (κ3) is 2.72. The van der Waals surface area contributed by atoms with E-state index in [2.05, 4.69) is 10.9 Å². The highest BCUT2D eigenvalue weighted by atomic mass is 16.4. The number of hydrogen-bond acceptors (Lipinski definition) is 3. The summed E-state index contributed by atoms with van der Waals surface area (Å²) in [5, 5.41) is 9.83. The van der Waals surface area contributed by atoms with Gasteiger partial charge in [-0.1, -0.05) is 18.1 Å². The molecule has 0 unspecified atom stereocenters. The molecule has 1 N–H and O–H groups in total. The first kappa shape index (κ1) is 13.1. The molecule has 0 aliphatic heterocycles. The maximum Gasteiger partial charge on any atom is 0.336 e. The van der Waals surface area contributed by atoms with Crippen LogP contribution in [0.5, 0.6) is 0 Å². The molecular weight excluding hydrogens is 240 g/mol. The van der Waals surface area contributed by atoms with Crippen LogP contribution in [0.25, 0.3) is 10.9 Å². The lowest BCUT2D eigenvalue weighted by atomic mass is 10.0. The second-order valence-electron chi connectivity index (χ2n) is 4.35. The molecule has 0 saturated heterocycles. The van der Waals surface area contributed by atoms with Gasteiger partial charge in [0, 0.05) is 18.1 Å². The molecule has 1 heterocycles. The summed E-state index contributed by atoms with van der Waals surface area (Å²) in [6, 6.07) is 6.93. The summed E-state index contributed by atoms with van der Waals surface area (Å²) in [4.78, 5) is 17.5. The lowest BCUT2D eigenvalue weighted by Crippen LogP contribution is -2.18. The van der Waals surface area contributed by atoms with Gasteiger partial charge in [0.15, 0.2) is 0 Å². The van der Waals surface area contributed by atoms with E-state index in [9.17, 15) is 9.90 Å². The van der Waals surface area contributed by atoms with Gasteiger partial charge in [0.05, 0.1) is 17.6 Å². The standard InChI is InChI=1S/C15H14N2O2/c1-3-9-17(2)10-11-6-7-13(15(18)19)12-5-4-8-16-14(11)12/h1,4-8H,9-10H2,2H3,(H,18,19). The van der Waals surface area contributed by atoms with Crippen molar-refractivity contribution in [2.24, 2.45) is 0 Å². The van der Waals surface area contributed by atoms with Crippen molar-refractivity contribution in [3.8, 4) is 12.3 Å². The zero-order valence-corrected chi connectivity index (χ0v) is 10.6. The number of pyridine rings is 1. The van der Waals surface area contributed by atoms with Crippen LogP contribution in [0.1, 0.15) is 15.9 Å². The number of carboxylic acid groups (broad SMARTS) is 1. The molecule has 0 spiro atoms. The maximum absolute atomic E-state index is 11.2. The molecule has 96 valence electrons. The van der Waals surface area contributed by atoms with Gasteiger partial charge in [-0.3, -0.25) is 9.88 Å². The number of hydrogen-bond donors (Lipinski definition) is 1. The molecule has 0 aliphatic rings. The molecule has 0 amide bonds. The number of terminal acetylenes is 1. The Bertz CT molecular complexity index is 659. The van der Waals surface area contributed by atoms with Gasteiger partial charge in [-0.05, 0) is 24.7 Å². The topological polar surface area (TPSA) is 53.4 Å². The predicted octanol–water partition coefficient (Wildman–Crippen LogP) is 2.00. The third-order valence-corrected chi connectivity index (χ3v) is 2.89. The maximum atomic E-state index is 11.2. The molecule has 0 atom stereocenters. The zero-order chi connectivity index (χ0) is 13.8. The highest BCUT2D eigenvalue weighted by Gasteiger charge is 2.12. The van der Waals surface area contributed by atoms with Crippen molar-refractivity contribution in [1.82, 2.24) is 9.88 Å². The fraction of sp³-hybridized carbons (Fsp3) is 0.200. The number of rotatable bonds is 4. The van der Waals surface area contributed by atoms with Gasteiger partial charge in [0.1, 0.15) is 0 Å². The number of carboxylic acids is 1. The van der Waals surface area contributed by atoms with E-state index in [0.717, 1.165) is 5.56 Å². The van der Waals surface area contributed by atoms with E-state index in [1.807, 2.05) is 11.9 Å². The van der Waals surface area contributed by atoms with Crippen LogP contribution in [0.2, 0.25) is 0 Å². The minimum atomic E-state index is -0.943. The van der Waals surface area contributed by atoms with E-state index in [4.69, 9.17) is 6.42 Å². The second kappa shape index (κ2) is 5.51. The van der Waals surface area contributed by atoms with E-state index in [1.165, 1.54) is 0 Å². The molecule has 1 aromatic heterocycles. The molecule has 0 radical (unpaired) electrons. The molecule has 2 rings (SSSR count). The van der Waals surface area contributed by atoms with Crippen molar-refractivity contribution < 1.29 is 9.90 Å². The molecule has 0 aliphatic carbocycles. The van der Waals surface area contributed by atoms with Crippen LogP contribution in [0, 0.1) is 12.3 Å². The molecule has 4 nitrogen and oxygen atoms in total. The van der Waals surface area contributed by atoms with Crippen LogP contribution >= 0.6 is 0 Å². The van der Waals surface area contributed by atoms with Crippen LogP contribution in [0.4, 0.5) is 0 Å². The molecule has 19 heavy (non-hydrogen) atoms. The highest BCUT2D eigenvalue weighted by Crippen LogP contribution is 2.21. The monoisotopic (exact) mass is 254 g/mol. The van der Waals surface area contributed by atoms with E-state index < -0.39 is 5.97 Å². The number of aromatic nitrogens is 1. The van der Waals surface area contributed by atoms with E-state index in [-0.39, 0.29) is 5.56 Å². The fourth-order valence-electron chi connectivity index (χ4n) is 2.05. The van der Waals surface area contributed by atoms with Gasteiger partial charge in [-0.2, -0.15) is 0 Å². The molecular formula is C15H14N2O2. The van der Waals surface area contributed by atoms with Gasteiger partial charge in [-0.15, -0.1) is 6.42 Å². The average molecular weight is 254 g/mol. The Hall–Kier alpha value is -2.38. The highest BCUT2D eigenvalue weighted by molar-refractivity contribution is 6.03. The molecule has 2 aromatic rings. The van der Waals surface area contributed by atoms with Crippen LogP contribution in [-0.2, 0) is 6.54 Å². The number of carbonyl (C=O) groups is 1. The fourth-order valence-corrected chi connectivity index (χ4v) is 2.05. The minimum Gasteiger partial charge on any atom is -0.478 e. The van der Waals surface area contributed by atoms with Gasteiger partial charge in [-0.25, -0.2) is 4.79 Å². The van der Waals surface area contributed by atoms with Gasteiger partial charge >= 0.3 is 5.97 Å². The van der Waals surface area contributed by atoms with Crippen molar-refractivity contribution in [3.05, 3.63) is 41.6 Å².